The van der Waals surface area contributed by atoms with Crippen LogP contribution in [0.15, 0.2) is 25.3 Å². The van der Waals surface area contributed by atoms with Crippen LogP contribution in [0.3, 0.4) is 0 Å². The van der Waals surface area contributed by atoms with Crippen molar-refractivity contribution in [2.75, 3.05) is 0 Å². The Labute approximate surface area is 147 Å². The molecule has 24 heavy (non-hydrogen) atoms. The second kappa shape index (κ2) is 15.0. The van der Waals surface area contributed by atoms with Crippen molar-refractivity contribution in [3.63, 3.8) is 0 Å². The van der Waals surface area contributed by atoms with E-state index in [1.165, 1.54) is 0 Å². The maximum absolute atomic E-state index is 10.6. The van der Waals surface area contributed by atoms with Gasteiger partial charge in [-0.15, -0.1) is 13.2 Å². The average Bonchev–Trinajstić information content (AvgIpc) is 2.52. The van der Waals surface area contributed by atoms with Gasteiger partial charge in [-0.2, -0.15) is 0 Å². The molecule has 0 aliphatic carbocycles. The summed E-state index contributed by atoms with van der Waals surface area (Å²) in [5.41, 5.74) is 0. The van der Waals surface area contributed by atoms with E-state index in [2.05, 4.69) is 20.1 Å². The molecule has 0 aliphatic heterocycles. The van der Waals surface area contributed by atoms with E-state index < -0.39 is 11.9 Å². The Bertz CT molecular complexity index is 376. The number of unbranched alkanes of at least 4 members (excludes halogenated alkanes) is 1. The maximum Gasteiger partial charge on any atom is 0.306 e. The van der Waals surface area contributed by atoms with Crippen LogP contribution in [0.1, 0.15) is 66.2 Å². The summed E-state index contributed by atoms with van der Waals surface area (Å²) >= 11 is 0. The van der Waals surface area contributed by atoms with Crippen LogP contribution in [0.4, 0.5) is 0 Å². The molecular formula is C20H36O4. The van der Waals surface area contributed by atoms with Gasteiger partial charge in [-0.1, -0.05) is 39.8 Å². The van der Waals surface area contributed by atoms with Gasteiger partial charge in [-0.3, -0.25) is 9.59 Å². The summed E-state index contributed by atoms with van der Waals surface area (Å²) in [6.45, 7) is 14.8. The summed E-state index contributed by atoms with van der Waals surface area (Å²) < 4.78 is 0. The number of carbonyl (C=O) groups is 2. The molecule has 0 bridgehead atoms. The SMILES string of the molecule is C=CCCC(C)CC(C)C(=O)O.C=CCCCC(C)C(C)C(=O)O. The highest BCUT2D eigenvalue weighted by Gasteiger charge is 2.18. The van der Waals surface area contributed by atoms with Crippen molar-refractivity contribution in [2.45, 2.75) is 66.2 Å². The number of carboxylic acids is 2. The van der Waals surface area contributed by atoms with Gasteiger partial charge in [0.25, 0.3) is 0 Å². The second-order valence-electron chi connectivity index (χ2n) is 6.77. The summed E-state index contributed by atoms with van der Waals surface area (Å²) in [6.07, 6.45) is 9.54. The Morgan fingerprint density at radius 3 is 1.88 bits per heavy atom. The number of rotatable bonds is 12. The first-order valence-electron chi connectivity index (χ1n) is 8.84. The molecule has 2 N–H and O–H groups in total. The average molecular weight is 341 g/mol. The van der Waals surface area contributed by atoms with Gasteiger partial charge in [0.2, 0.25) is 0 Å². The highest BCUT2D eigenvalue weighted by atomic mass is 16.4. The van der Waals surface area contributed by atoms with Crippen molar-refractivity contribution >= 4 is 11.9 Å². The Kier molecular flexibility index (Phi) is 15.4. The zero-order chi connectivity index (χ0) is 19.1. The topological polar surface area (TPSA) is 74.6 Å². The van der Waals surface area contributed by atoms with Crippen LogP contribution in [0, 0.1) is 23.7 Å². The number of aliphatic carboxylic acids is 2. The van der Waals surface area contributed by atoms with Crippen LogP contribution in [0.5, 0.6) is 0 Å². The second-order valence-corrected chi connectivity index (χ2v) is 6.77. The predicted octanol–water partition coefficient (Wildman–Crippen LogP) is 5.40. The molecule has 0 saturated carbocycles. The normalized spacial score (nSPS) is 15.2. The van der Waals surface area contributed by atoms with Crippen LogP contribution in [-0.4, -0.2) is 22.2 Å². The molecule has 4 unspecified atom stereocenters. The Hall–Kier alpha value is -1.58. The maximum atomic E-state index is 10.6. The van der Waals surface area contributed by atoms with E-state index in [0.717, 1.165) is 38.5 Å². The molecule has 0 radical (unpaired) electrons. The van der Waals surface area contributed by atoms with Gasteiger partial charge in [0.15, 0.2) is 0 Å². The van der Waals surface area contributed by atoms with Crippen LogP contribution < -0.4 is 0 Å². The van der Waals surface area contributed by atoms with Crippen LogP contribution in [-0.2, 0) is 9.59 Å². The molecule has 0 amide bonds. The lowest BCUT2D eigenvalue weighted by atomic mass is 9.91. The van der Waals surface area contributed by atoms with Crippen molar-refractivity contribution in [3.8, 4) is 0 Å². The van der Waals surface area contributed by atoms with E-state index >= 15 is 0 Å². The standard InChI is InChI=1S/2C10H18O2/c1-4-5-6-8(2)7-9(3)10(11)12;1-4-5-6-7-8(2)9(3)10(11)12/h2*4,8-9H,1,5-7H2,2-3H3,(H,11,12). The van der Waals surface area contributed by atoms with Gasteiger partial charge in [-0.05, 0) is 50.4 Å². The number of carboxylic acid groups (broad SMARTS) is 2. The number of allylic oxidation sites excluding steroid dienone is 2. The van der Waals surface area contributed by atoms with Gasteiger partial charge in [0.05, 0.1) is 11.8 Å². The van der Waals surface area contributed by atoms with Crippen molar-refractivity contribution in [1.82, 2.24) is 0 Å². The van der Waals surface area contributed by atoms with E-state index in [1.807, 2.05) is 19.1 Å². The van der Waals surface area contributed by atoms with Gasteiger partial charge >= 0.3 is 11.9 Å². The van der Waals surface area contributed by atoms with E-state index in [1.54, 1.807) is 13.8 Å². The van der Waals surface area contributed by atoms with Crippen molar-refractivity contribution in [2.24, 2.45) is 23.7 Å². The molecular weight excluding hydrogens is 304 g/mol. The fourth-order valence-corrected chi connectivity index (χ4v) is 2.30. The van der Waals surface area contributed by atoms with E-state index in [-0.39, 0.29) is 17.8 Å². The largest absolute Gasteiger partial charge is 0.481 e. The summed E-state index contributed by atoms with van der Waals surface area (Å²) in [7, 11) is 0. The highest BCUT2D eigenvalue weighted by molar-refractivity contribution is 5.69. The lowest BCUT2D eigenvalue weighted by Gasteiger charge is -2.14. The molecule has 0 aliphatic rings. The highest BCUT2D eigenvalue weighted by Crippen LogP contribution is 2.18. The third-order valence-corrected chi connectivity index (χ3v) is 4.35. The first-order chi connectivity index (χ1) is 11.2. The summed E-state index contributed by atoms with van der Waals surface area (Å²) in [5, 5.41) is 17.3. The first kappa shape index (κ1) is 24.7. The first-order valence-corrected chi connectivity index (χ1v) is 8.84. The Balaban J connectivity index is 0. The predicted molar refractivity (Wildman–Crippen MR) is 100 cm³/mol. The fourth-order valence-electron chi connectivity index (χ4n) is 2.30. The van der Waals surface area contributed by atoms with Crippen LogP contribution in [0.2, 0.25) is 0 Å². The minimum atomic E-state index is -0.694. The molecule has 0 aromatic rings. The molecule has 0 aromatic carbocycles. The summed E-state index contributed by atoms with van der Waals surface area (Å²) in [5.74, 6) is -1.09. The monoisotopic (exact) mass is 340 g/mol. The van der Waals surface area contributed by atoms with Crippen LogP contribution >= 0.6 is 0 Å². The van der Waals surface area contributed by atoms with Gasteiger partial charge < -0.3 is 10.2 Å². The summed E-state index contributed by atoms with van der Waals surface area (Å²) in [6, 6.07) is 0. The molecule has 140 valence electrons. The Morgan fingerprint density at radius 2 is 1.46 bits per heavy atom. The quantitative estimate of drug-likeness (QED) is 0.368. The van der Waals surface area contributed by atoms with Crippen LogP contribution in [0.25, 0.3) is 0 Å². The van der Waals surface area contributed by atoms with Crippen molar-refractivity contribution < 1.29 is 19.8 Å². The van der Waals surface area contributed by atoms with Crippen molar-refractivity contribution in [3.05, 3.63) is 25.3 Å². The lowest BCUT2D eigenvalue weighted by molar-refractivity contribution is -0.143. The number of hydrogen-bond donors (Lipinski definition) is 2. The fraction of sp³-hybridized carbons (Fsp3) is 0.700. The molecule has 0 rings (SSSR count). The van der Waals surface area contributed by atoms with Gasteiger partial charge in [-0.25, -0.2) is 0 Å². The minimum Gasteiger partial charge on any atom is -0.481 e. The molecule has 4 nitrogen and oxygen atoms in total. The molecule has 0 fully saturated rings. The molecule has 4 heteroatoms. The zero-order valence-electron chi connectivity index (χ0n) is 15.8. The van der Waals surface area contributed by atoms with Gasteiger partial charge in [0, 0.05) is 0 Å². The molecule has 4 atom stereocenters. The van der Waals surface area contributed by atoms with E-state index in [9.17, 15) is 9.59 Å². The summed E-state index contributed by atoms with van der Waals surface area (Å²) in [4.78, 5) is 21.0. The molecule has 0 saturated heterocycles. The third-order valence-electron chi connectivity index (χ3n) is 4.35. The molecule has 0 spiro atoms. The van der Waals surface area contributed by atoms with E-state index in [4.69, 9.17) is 10.2 Å². The smallest absolute Gasteiger partial charge is 0.306 e. The lowest BCUT2D eigenvalue weighted by Crippen LogP contribution is -2.17. The van der Waals surface area contributed by atoms with Crippen molar-refractivity contribution in [1.29, 1.82) is 0 Å². The zero-order valence-corrected chi connectivity index (χ0v) is 15.8. The molecule has 0 aromatic heterocycles. The Morgan fingerprint density at radius 1 is 0.917 bits per heavy atom. The molecule has 0 heterocycles. The van der Waals surface area contributed by atoms with E-state index in [0.29, 0.717) is 5.92 Å². The number of hydrogen-bond acceptors (Lipinski definition) is 2. The minimum absolute atomic E-state index is 0.218. The van der Waals surface area contributed by atoms with Gasteiger partial charge in [0.1, 0.15) is 0 Å². The third kappa shape index (κ3) is 14.0.